The Morgan fingerprint density at radius 2 is 1.73 bits per heavy atom. The van der Waals surface area contributed by atoms with E-state index in [1.165, 1.54) is 0 Å². The first kappa shape index (κ1) is 17.7. The van der Waals surface area contributed by atoms with Gasteiger partial charge in [0.1, 0.15) is 5.58 Å². The summed E-state index contributed by atoms with van der Waals surface area (Å²) >= 11 is 0. The Balaban J connectivity index is 1.66. The van der Waals surface area contributed by atoms with E-state index in [1.807, 2.05) is 38.1 Å². The van der Waals surface area contributed by atoms with Gasteiger partial charge in [0.05, 0.1) is 11.8 Å². The van der Waals surface area contributed by atoms with Crippen molar-refractivity contribution in [2.45, 2.75) is 19.9 Å². The van der Waals surface area contributed by atoms with Crippen LogP contribution < -0.4 is 10.6 Å². The number of carbonyl (C=O) groups is 2. The first-order chi connectivity index (χ1) is 12.6. The molecule has 1 atom stereocenters. The summed E-state index contributed by atoms with van der Waals surface area (Å²) in [5.74, 6) is -0.153. The van der Waals surface area contributed by atoms with Crippen molar-refractivity contribution in [2.75, 3.05) is 6.54 Å². The molecule has 3 aromatic rings. The number of carbonyl (C=O) groups excluding carboxylic acids is 2. The minimum Gasteiger partial charge on any atom is -0.464 e. The minimum atomic E-state index is -0.184. The summed E-state index contributed by atoms with van der Waals surface area (Å²) in [7, 11) is 0. The van der Waals surface area contributed by atoms with Crippen molar-refractivity contribution in [2.24, 2.45) is 5.92 Å². The van der Waals surface area contributed by atoms with Gasteiger partial charge in [0.2, 0.25) is 0 Å². The lowest BCUT2D eigenvalue weighted by Gasteiger charge is -2.23. The van der Waals surface area contributed by atoms with E-state index in [0.717, 1.165) is 5.39 Å². The van der Waals surface area contributed by atoms with Crippen LogP contribution in [0.2, 0.25) is 0 Å². The Kier molecular flexibility index (Phi) is 5.37. The predicted octanol–water partition coefficient (Wildman–Crippen LogP) is 3.62. The SMILES string of the molecule is CC(C)C(CNC(=O)c1cccc2occc12)NC(=O)c1ccccc1. The van der Waals surface area contributed by atoms with E-state index in [2.05, 4.69) is 10.6 Å². The number of hydrogen-bond acceptors (Lipinski definition) is 3. The largest absolute Gasteiger partial charge is 0.464 e. The van der Waals surface area contributed by atoms with Gasteiger partial charge in [-0.25, -0.2) is 0 Å². The van der Waals surface area contributed by atoms with Crippen molar-refractivity contribution < 1.29 is 14.0 Å². The van der Waals surface area contributed by atoms with Crippen LogP contribution in [0.25, 0.3) is 11.0 Å². The number of rotatable bonds is 6. The summed E-state index contributed by atoms with van der Waals surface area (Å²) in [4.78, 5) is 25.0. The third-order valence-corrected chi connectivity index (χ3v) is 4.38. The zero-order valence-corrected chi connectivity index (χ0v) is 14.9. The minimum absolute atomic E-state index is 0.143. The summed E-state index contributed by atoms with van der Waals surface area (Å²) in [6, 6.07) is 16.0. The molecule has 2 amide bonds. The van der Waals surface area contributed by atoms with E-state index >= 15 is 0 Å². The molecule has 0 aliphatic heterocycles. The third-order valence-electron chi connectivity index (χ3n) is 4.38. The van der Waals surface area contributed by atoms with Crippen LogP contribution in [0.15, 0.2) is 65.3 Å². The van der Waals surface area contributed by atoms with E-state index < -0.39 is 0 Å². The van der Waals surface area contributed by atoms with Gasteiger partial charge >= 0.3 is 0 Å². The second kappa shape index (κ2) is 7.87. The summed E-state index contributed by atoms with van der Waals surface area (Å²) in [6.07, 6.45) is 1.57. The van der Waals surface area contributed by atoms with Crippen LogP contribution in [0.1, 0.15) is 34.6 Å². The zero-order valence-electron chi connectivity index (χ0n) is 14.9. The molecule has 1 unspecified atom stereocenters. The lowest BCUT2D eigenvalue weighted by atomic mass is 10.0. The average molecular weight is 350 g/mol. The quantitative estimate of drug-likeness (QED) is 0.713. The Bertz CT molecular complexity index is 900. The Morgan fingerprint density at radius 1 is 0.962 bits per heavy atom. The lowest BCUT2D eigenvalue weighted by Crippen LogP contribution is -2.46. The number of hydrogen-bond donors (Lipinski definition) is 2. The lowest BCUT2D eigenvalue weighted by molar-refractivity contribution is 0.0897. The fraction of sp³-hybridized carbons (Fsp3) is 0.238. The van der Waals surface area contributed by atoms with Gasteiger partial charge in [-0.15, -0.1) is 0 Å². The van der Waals surface area contributed by atoms with Crippen LogP contribution in [0.4, 0.5) is 0 Å². The summed E-state index contributed by atoms with van der Waals surface area (Å²) in [5, 5.41) is 6.70. The molecular weight excluding hydrogens is 328 g/mol. The highest BCUT2D eigenvalue weighted by molar-refractivity contribution is 6.05. The topological polar surface area (TPSA) is 71.3 Å². The van der Waals surface area contributed by atoms with Crippen LogP contribution >= 0.6 is 0 Å². The third kappa shape index (κ3) is 3.94. The monoisotopic (exact) mass is 350 g/mol. The summed E-state index contributed by atoms with van der Waals surface area (Å²) < 4.78 is 5.34. The Labute approximate surface area is 152 Å². The fourth-order valence-electron chi connectivity index (χ4n) is 2.78. The van der Waals surface area contributed by atoms with E-state index in [-0.39, 0.29) is 23.8 Å². The van der Waals surface area contributed by atoms with Gasteiger partial charge in [-0.3, -0.25) is 9.59 Å². The molecule has 0 fully saturated rings. The van der Waals surface area contributed by atoms with Gasteiger partial charge in [0.25, 0.3) is 11.8 Å². The molecule has 5 heteroatoms. The van der Waals surface area contributed by atoms with Crippen molar-refractivity contribution in [3.05, 3.63) is 72.0 Å². The number of benzene rings is 2. The maximum absolute atomic E-state index is 12.6. The first-order valence-corrected chi connectivity index (χ1v) is 8.66. The van der Waals surface area contributed by atoms with Crippen LogP contribution in [0.3, 0.4) is 0 Å². The molecule has 0 aliphatic rings. The zero-order chi connectivity index (χ0) is 18.5. The molecule has 2 N–H and O–H groups in total. The molecular formula is C21H22N2O3. The van der Waals surface area contributed by atoms with Gasteiger partial charge in [-0.05, 0) is 36.2 Å². The van der Waals surface area contributed by atoms with Gasteiger partial charge in [-0.1, -0.05) is 38.1 Å². The van der Waals surface area contributed by atoms with Crippen molar-refractivity contribution >= 4 is 22.8 Å². The highest BCUT2D eigenvalue weighted by Gasteiger charge is 2.19. The van der Waals surface area contributed by atoms with E-state index in [9.17, 15) is 9.59 Å². The van der Waals surface area contributed by atoms with Gasteiger partial charge in [0.15, 0.2) is 0 Å². The Hall–Kier alpha value is -3.08. The second-order valence-corrected chi connectivity index (χ2v) is 6.54. The van der Waals surface area contributed by atoms with E-state index in [1.54, 1.807) is 36.6 Å². The molecule has 3 rings (SSSR count). The predicted molar refractivity (Wildman–Crippen MR) is 101 cm³/mol. The Morgan fingerprint density at radius 3 is 2.46 bits per heavy atom. The van der Waals surface area contributed by atoms with Gasteiger partial charge < -0.3 is 15.1 Å². The molecule has 0 saturated carbocycles. The average Bonchev–Trinajstić information content (AvgIpc) is 3.13. The summed E-state index contributed by atoms with van der Waals surface area (Å²) in [5.41, 5.74) is 1.84. The van der Waals surface area contributed by atoms with Crippen molar-refractivity contribution in [1.29, 1.82) is 0 Å². The number of amides is 2. The molecule has 0 bridgehead atoms. The maximum Gasteiger partial charge on any atom is 0.252 e. The van der Waals surface area contributed by atoms with Crippen molar-refractivity contribution in [1.82, 2.24) is 10.6 Å². The van der Waals surface area contributed by atoms with Gasteiger partial charge in [-0.2, -0.15) is 0 Å². The fourth-order valence-corrected chi connectivity index (χ4v) is 2.78. The number of fused-ring (bicyclic) bond motifs is 1. The molecule has 1 heterocycles. The maximum atomic E-state index is 12.6. The molecule has 1 aromatic heterocycles. The van der Waals surface area contributed by atoms with E-state index in [0.29, 0.717) is 23.3 Å². The molecule has 0 radical (unpaired) electrons. The normalized spacial score (nSPS) is 12.1. The van der Waals surface area contributed by atoms with Crippen LogP contribution in [-0.4, -0.2) is 24.4 Å². The highest BCUT2D eigenvalue weighted by atomic mass is 16.3. The van der Waals surface area contributed by atoms with Crippen LogP contribution in [-0.2, 0) is 0 Å². The second-order valence-electron chi connectivity index (χ2n) is 6.54. The molecule has 26 heavy (non-hydrogen) atoms. The van der Waals surface area contributed by atoms with Crippen molar-refractivity contribution in [3.8, 4) is 0 Å². The van der Waals surface area contributed by atoms with E-state index in [4.69, 9.17) is 4.42 Å². The smallest absolute Gasteiger partial charge is 0.252 e. The van der Waals surface area contributed by atoms with Gasteiger partial charge in [0, 0.05) is 23.5 Å². The molecule has 5 nitrogen and oxygen atoms in total. The number of nitrogens with one attached hydrogen (secondary N) is 2. The van der Waals surface area contributed by atoms with Crippen LogP contribution in [0, 0.1) is 5.92 Å². The standard InChI is InChI=1S/C21H22N2O3/c1-14(2)18(23-20(24)15-7-4-3-5-8-15)13-22-21(25)17-9-6-10-19-16(17)11-12-26-19/h3-12,14,18H,13H2,1-2H3,(H,22,25)(H,23,24). The molecule has 134 valence electrons. The highest BCUT2D eigenvalue weighted by Crippen LogP contribution is 2.19. The first-order valence-electron chi connectivity index (χ1n) is 8.66. The summed E-state index contributed by atoms with van der Waals surface area (Å²) in [6.45, 7) is 4.38. The van der Waals surface area contributed by atoms with Crippen molar-refractivity contribution in [3.63, 3.8) is 0 Å². The molecule has 2 aromatic carbocycles. The molecule has 0 spiro atoms. The molecule has 0 aliphatic carbocycles. The number of furan rings is 1. The van der Waals surface area contributed by atoms with Crippen LogP contribution in [0.5, 0.6) is 0 Å². The molecule has 0 saturated heterocycles.